The molecule has 1 aromatic rings. The highest BCUT2D eigenvalue weighted by molar-refractivity contribution is 7.99. The number of likely N-dealkylation sites (tertiary alicyclic amines) is 1. The first-order valence-corrected chi connectivity index (χ1v) is 8.58. The highest BCUT2D eigenvalue weighted by Crippen LogP contribution is 2.38. The average molecular weight is 307 g/mol. The molecule has 0 radical (unpaired) electrons. The third-order valence-corrected chi connectivity index (χ3v) is 5.60. The van der Waals surface area contributed by atoms with Gasteiger partial charge in [0, 0.05) is 23.7 Å². The van der Waals surface area contributed by atoms with E-state index >= 15 is 0 Å². The highest BCUT2D eigenvalue weighted by Gasteiger charge is 2.46. The van der Waals surface area contributed by atoms with E-state index in [9.17, 15) is 9.90 Å². The van der Waals surface area contributed by atoms with Crippen LogP contribution in [0.25, 0.3) is 0 Å². The van der Waals surface area contributed by atoms with Gasteiger partial charge in [-0.05, 0) is 37.9 Å². The molecule has 0 aliphatic carbocycles. The van der Waals surface area contributed by atoms with Gasteiger partial charge in [0.1, 0.15) is 0 Å². The predicted octanol–water partition coefficient (Wildman–Crippen LogP) is 3.52. The standard InChI is InChI=1S/C17H25NO2S/c1-13(2)17(16(19)20)8-9-18(12-17)10-11-21-15-6-4-14(3)5-7-15/h4-7,13H,8-12H2,1-3H3,(H,19,20). The number of aryl methyl sites for hydroxylation is 1. The Balaban J connectivity index is 1.83. The van der Waals surface area contributed by atoms with Crippen LogP contribution < -0.4 is 0 Å². The van der Waals surface area contributed by atoms with Crippen molar-refractivity contribution in [3.63, 3.8) is 0 Å². The maximum atomic E-state index is 11.6. The van der Waals surface area contributed by atoms with Gasteiger partial charge in [0.25, 0.3) is 0 Å². The minimum absolute atomic E-state index is 0.185. The van der Waals surface area contributed by atoms with E-state index in [0.29, 0.717) is 6.54 Å². The molecule has 1 N–H and O–H groups in total. The van der Waals surface area contributed by atoms with Gasteiger partial charge in [0.05, 0.1) is 5.41 Å². The topological polar surface area (TPSA) is 40.5 Å². The van der Waals surface area contributed by atoms with E-state index in [1.54, 1.807) is 0 Å². The molecule has 4 heteroatoms. The van der Waals surface area contributed by atoms with Crippen LogP contribution in [-0.2, 0) is 4.79 Å². The van der Waals surface area contributed by atoms with Gasteiger partial charge >= 0.3 is 5.97 Å². The number of nitrogens with zero attached hydrogens (tertiary/aromatic N) is 1. The van der Waals surface area contributed by atoms with Crippen LogP contribution in [0.3, 0.4) is 0 Å². The molecule has 1 aliphatic rings. The van der Waals surface area contributed by atoms with Crippen LogP contribution in [0.5, 0.6) is 0 Å². The molecule has 1 fully saturated rings. The number of carboxylic acids is 1. The van der Waals surface area contributed by atoms with Gasteiger partial charge in [-0.2, -0.15) is 0 Å². The van der Waals surface area contributed by atoms with Crippen LogP contribution >= 0.6 is 11.8 Å². The zero-order valence-corrected chi connectivity index (χ0v) is 13.9. The van der Waals surface area contributed by atoms with Gasteiger partial charge < -0.3 is 10.0 Å². The van der Waals surface area contributed by atoms with Crippen molar-refractivity contribution in [2.24, 2.45) is 11.3 Å². The molecule has 1 atom stereocenters. The fraction of sp³-hybridized carbons (Fsp3) is 0.588. The monoisotopic (exact) mass is 307 g/mol. The minimum atomic E-state index is -0.633. The number of carbonyl (C=O) groups is 1. The van der Waals surface area contributed by atoms with Crippen LogP contribution in [0.4, 0.5) is 0 Å². The normalized spacial score (nSPS) is 22.9. The predicted molar refractivity (Wildman–Crippen MR) is 87.9 cm³/mol. The Morgan fingerprint density at radius 3 is 2.57 bits per heavy atom. The van der Waals surface area contributed by atoms with Gasteiger partial charge in [-0.15, -0.1) is 11.8 Å². The summed E-state index contributed by atoms with van der Waals surface area (Å²) in [5.41, 5.74) is 0.733. The van der Waals surface area contributed by atoms with E-state index in [-0.39, 0.29) is 5.92 Å². The fourth-order valence-electron chi connectivity index (χ4n) is 2.93. The molecule has 0 amide bonds. The lowest BCUT2D eigenvalue weighted by molar-refractivity contribution is -0.150. The molecule has 2 rings (SSSR count). The second-order valence-electron chi connectivity index (χ2n) is 6.30. The Kier molecular flexibility index (Phi) is 5.33. The molecule has 0 spiro atoms. The summed E-state index contributed by atoms with van der Waals surface area (Å²) in [4.78, 5) is 15.2. The smallest absolute Gasteiger partial charge is 0.311 e. The zero-order valence-electron chi connectivity index (χ0n) is 13.1. The molecule has 116 valence electrons. The lowest BCUT2D eigenvalue weighted by Crippen LogP contribution is -2.39. The highest BCUT2D eigenvalue weighted by atomic mass is 32.2. The van der Waals surface area contributed by atoms with E-state index in [1.807, 2.05) is 25.6 Å². The second kappa shape index (κ2) is 6.84. The van der Waals surface area contributed by atoms with E-state index in [0.717, 1.165) is 25.3 Å². The lowest BCUT2D eigenvalue weighted by atomic mass is 9.76. The van der Waals surface area contributed by atoms with Crippen molar-refractivity contribution in [2.45, 2.75) is 32.1 Å². The van der Waals surface area contributed by atoms with Crippen molar-refractivity contribution in [1.82, 2.24) is 4.90 Å². The Morgan fingerprint density at radius 2 is 2.05 bits per heavy atom. The Bertz CT molecular complexity index is 486. The SMILES string of the molecule is Cc1ccc(SCCN2CCC(C(=O)O)(C(C)C)C2)cc1. The number of hydrogen-bond acceptors (Lipinski definition) is 3. The van der Waals surface area contributed by atoms with E-state index in [1.165, 1.54) is 10.5 Å². The first kappa shape index (κ1) is 16.4. The summed E-state index contributed by atoms with van der Waals surface area (Å²) in [6, 6.07) is 8.57. The summed E-state index contributed by atoms with van der Waals surface area (Å²) in [7, 11) is 0. The van der Waals surface area contributed by atoms with E-state index in [2.05, 4.69) is 36.1 Å². The van der Waals surface area contributed by atoms with Crippen LogP contribution in [-0.4, -0.2) is 41.4 Å². The van der Waals surface area contributed by atoms with Gasteiger partial charge in [-0.3, -0.25) is 4.79 Å². The fourth-order valence-corrected chi connectivity index (χ4v) is 3.84. The Labute approximate surface area is 131 Å². The van der Waals surface area contributed by atoms with Gasteiger partial charge in [-0.25, -0.2) is 0 Å². The van der Waals surface area contributed by atoms with Crippen molar-refractivity contribution in [3.05, 3.63) is 29.8 Å². The molecule has 0 bridgehead atoms. The van der Waals surface area contributed by atoms with Crippen LogP contribution in [0, 0.1) is 18.3 Å². The summed E-state index contributed by atoms with van der Waals surface area (Å²) in [6.07, 6.45) is 0.773. The number of hydrogen-bond donors (Lipinski definition) is 1. The summed E-state index contributed by atoms with van der Waals surface area (Å²) < 4.78 is 0. The molecular formula is C17H25NO2S. The molecule has 1 aromatic carbocycles. The molecule has 1 heterocycles. The van der Waals surface area contributed by atoms with Crippen LogP contribution in [0.15, 0.2) is 29.2 Å². The first-order chi connectivity index (χ1) is 9.94. The summed E-state index contributed by atoms with van der Waals surface area (Å²) >= 11 is 1.84. The molecule has 1 unspecified atom stereocenters. The van der Waals surface area contributed by atoms with Crippen molar-refractivity contribution in [3.8, 4) is 0 Å². The molecule has 3 nitrogen and oxygen atoms in total. The number of rotatable bonds is 6. The molecule has 1 saturated heterocycles. The van der Waals surface area contributed by atoms with Crippen LogP contribution in [0.2, 0.25) is 0 Å². The quantitative estimate of drug-likeness (QED) is 0.816. The third-order valence-electron chi connectivity index (χ3n) is 4.61. The summed E-state index contributed by atoms with van der Waals surface area (Å²) in [6.45, 7) is 8.70. The van der Waals surface area contributed by atoms with Crippen molar-refractivity contribution in [1.29, 1.82) is 0 Å². The largest absolute Gasteiger partial charge is 0.481 e. The zero-order chi connectivity index (χ0) is 15.5. The van der Waals surface area contributed by atoms with E-state index in [4.69, 9.17) is 0 Å². The Hall–Kier alpha value is -1.00. The maximum absolute atomic E-state index is 11.6. The van der Waals surface area contributed by atoms with Crippen molar-refractivity contribution >= 4 is 17.7 Å². The summed E-state index contributed by atoms with van der Waals surface area (Å²) in [5.74, 6) is 0.563. The van der Waals surface area contributed by atoms with Gasteiger partial charge in [-0.1, -0.05) is 31.5 Å². The second-order valence-corrected chi connectivity index (χ2v) is 7.47. The van der Waals surface area contributed by atoms with Gasteiger partial charge in [0.2, 0.25) is 0 Å². The van der Waals surface area contributed by atoms with E-state index < -0.39 is 11.4 Å². The molecule has 0 saturated carbocycles. The molecular weight excluding hydrogens is 282 g/mol. The number of aliphatic carboxylic acids is 1. The van der Waals surface area contributed by atoms with Crippen LogP contribution in [0.1, 0.15) is 25.8 Å². The minimum Gasteiger partial charge on any atom is -0.481 e. The molecule has 1 aliphatic heterocycles. The molecule has 21 heavy (non-hydrogen) atoms. The summed E-state index contributed by atoms with van der Waals surface area (Å²) in [5, 5.41) is 9.55. The first-order valence-electron chi connectivity index (χ1n) is 7.59. The lowest BCUT2D eigenvalue weighted by Gasteiger charge is -2.28. The number of thioether (sulfide) groups is 1. The van der Waals surface area contributed by atoms with Gasteiger partial charge in [0.15, 0.2) is 0 Å². The number of benzene rings is 1. The average Bonchev–Trinajstić information content (AvgIpc) is 2.87. The van der Waals surface area contributed by atoms with Crippen molar-refractivity contribution in [2.75, 3.05) is 25.4 Å². The Morgan fingerprint density at radius 1 is 1.38 bits per heavy atom. The maximum Gasteiger partial charge on any atom is 0.311 e. The molecule has 0 aromatic heterocycles. The third kappa shape index (κ3) is 3.80. The number of carboxylic acid groups (broad SMARTS) is 1. The van der Waals surface area contributed by atoms with Crippen molar-refractivity contribution < 1.29 is 9.90 Å².